The maximum Gasteiger partial charge on any atom is 0.240 e. The van der Waals surface area contributed by atoms with Crippen LogP contribution in [0.4, 0.5) is 5.82 Å². The predicted octanol–water partition coefficient (Wildman–Crippen LogP) is 2.46. The third-order valence-electron chi connectivity index (χ3n) is 4.63. The van der Waals surface area contributed by atoms with Crippen molar-refractivity contribution in [2.75, 3.05) is 11.4 Å². The number of carbonyl (C=O) groups is 1. The van der Waals surface area contributed by atoms with E-state index in [4.69, 9.17) is 15.7 Å². The van der Waals surface area contributed by atoms with Crippen LogP contribution in [0.3, 0.4) is 0 Å². The normalized spacial score (nSPS) is 20.5. The summed E-state index contributed by atoms with van der Waals surface area (Å²) >= 11 is 3.20. The minimum absolute atomic E-state index is 0.331. The first-order valence-electron chi connectivity index (χ1n) is 8.01. The number of rotatable bonds is 3. The summed E-state index contributed by atoms with van der Waals surface area (Å²) in [6.45, 7) is 4.44. The van der Waals surface area contributed by atoms with E-state index in [1.165, 1.54) is 4.88 Å². The van der Waals surface area contributed by atoms with Crippen molar-refractivity contribution in [1.82, 2.24) is 9.97 Å². The van der Waals surface area contributed by atoms with E-state index in [1.807, 2.05) is 29.3 Å². The van der Waals surface area contributed by atoms with Crippen LogP contribution in [0.5, 0.6) is 0 Å². The van der Waals surface area contributed by atoms with E-state index >= 15 is 0 Å². The van der Waals surface area contributed by atoms with Gasteiger partial charge in [0.05, 0.1) is 16.4 Å². The number of anilines is 1. The third kappa shape index (κ3) is 2.70. The van der Waals surface area contributed by atoms with Crippen LogP contribution in [0.15, 0.2) is 17.5 Å². The summed E-state index contributed by atoms with van der Waals surface area (Å²) in [7, 11) is 0. The predicted molar refractivity (Wildman–Crippen MR) is 101 cm³/mol. The Bertz CT molecular complexity index is 951. The van der Waals surface area contributed by atoms with Gasteiger partial charge >= 0.3 is 0 Å². The molecular formula is C17H18N4O2S2. The molecule has 1 fully saturated rings. The zero-order chi connectivity index (χ0) is 17.7. The Morgan fingerprint density at radius 3 is 2.88 bits per heavy atom. The number of nitrogens with two attached hydrogens (primary N) is 1. The maximum absolute atomic E-state index is 11.9. The molecule has 1 amide bonds. The first kappa shape index (κ1) is 16.4. The van der Waals surface area contributed by atoms with Crippen LogP contribution in [0, 0.1) is 13.8 Å². The average molecular weight is 374 g/mol. The van der Waals surface area contributed by atoms with Gasteiger partial charge in [-0.05, 0) is 30.9 Å². The number of amides is 1. The number of carbonyl (C=O) groups excluding carboxylic acids is 1. The quantitative estimate of drug-likeness (QED) is 0.735. The highest BCUT2D eigenvalue weighted by Crippen LogP contribution is 2.39. The van der Waals surface area contributed by atoms with Crippen LogP contribution in [0.25, 0.3) is 20.9 Å². The molecule has 2 atom stereocenters. The number of primary amides is 1. The van der Waals surface area contributed by atoms with Gasteiger partial charge in [0.2, 0.25) is 5.91 Å². The number of aromatic nitrogens is 2. The van der Waals surface area contributed by atoms with Gasteiger partial charge in [-0.2, -0.15) is 0 Å². The van der Waals surface area contributed by atoms with Crippen molar-refractivity contribution in [3.05, 3.63) is 28.0 Å². The molecule has 0 aromatic carbocycles. The minimum atomic E-state index is -0.590. The lowest BCUT2D eigenvalue weighted by Crippen LogP contribution is -2.41. The van der Waals surface area contributed by atoms with Crippen LogP contribution < -0.4 is 10.6 Å². The molecule has 4 rings (SSSR count). The summed E-state index contributed by atoms with van der Waals surface area (Å²) in [5, 5.41) is 13.0. The number of fused-ring (bicyclic) bond motifs is 1. The van der Waals surface area contributed by atoms with Crippen LogP contribution in [-0.4, -0.2) is 39.7 Å². The molecule has 6 nitrogen and oxygen atoms in total. The number of aryl methyl sites for hydroxylation is 2. The number of nitrogens with zero attached hydrogens (tertiary/aromatic N) is 3. The molecule has 0 saturated carbocycles. The lowest BCUT2D eigenvalue weighted by Gasteiger charge is -2.24. The second kappa shape index (κ2) is 6.05. The van der Waals surface area contributed by atoms with Crippen molar-refractivity contribution in [2.45, 2.75) is 32.4 Å². The number of thiophene rings is 2. The molecule has 0 unspecified atom stereocenters. The molecular weight excluding hydrogens is 356 g/mol. The Hall–Kier alpha value is -2.03. The highest BCUT2D eigenvalue weighted by Gasteiger charge is 2.37. The Kier molecular flexibility index (Phi) is 3.98. The number of β-amino-alcohol motifs (C(OH)–C–C–N with tert-alkyl or cyclic N) is 1. The van der Waals surface area contributed by atoms with Crippen LogP contribution in [0.2, 0.25) is 0 Å². The van der Waals surface area contributed by atoms with Crippen LogP contribution in [-0.2, 0) is 4.79 Å². The molecule has 3 N–H and O–H groups in total. The first-order valence-corrected chi connectivity index (χ1v) is 9.71. The lowest BCUT2D eigenvalue weighted by molar-refractivity contribution is -0.119. The van der Waals surface area contributed by atoms with Gasteiger partial charge in [0.25, 0.3) is 0 Å². The standard InChI is InChI=1S/C17H18N4O2S2/c1-8-9(2)25-17-13(8)16(19-15(20-17)12-4-3-5-24-12)21-7-10(22)6-11(21)14(18)23/h3-5,10-11,22H,6-7H2,1-2H3,(H2,18,23)/t10-,11-/m1/s1. The Labute approximate surface area is 152 Å². The fourth-order valence-corrected chi connectivity index (χ4v) is 4.95. The van der Waals surface area contributed by atoms with Crippen molar-refractivity contribution in [2.24, 2.45) is 5.73 Å². The fraction of sp³-hybridized carbons (Fsp3) is 0.353. The van der Waals surface area contributed by atoms with Gasteiger partial charge in [-0.1, -0.05) is 6.07 Å². The van der Waals surface area contributed by atoms with Gasteiger partial charge in [-0.25, -0.2) is 9.97 Å². The van der Waals surface area contributed by atoms with Gasteiger partial charge < -0.3 is 15.7 Å². The summed E-state index contributed by atoms with van der Waals surface area (Å²) in [6.07, 6.45) is -0.259. The van der Waals surface area contributed by atoms with E-state index in [0.29, 0.717) is 24.6 Å². The lowest BCUT2D eigenvalue weighted by atomic mass is 10.1. The highest BCUT2D eigenvalue weighted by atomic mass is 32.1. The molecule has 4 heterocycles. The zero-order valence-corrected chi connectivity index (χ0v) is 15.5. The van der Waals surface area contributed by atoms with E-state index in [2.05, 4.69) is 6.92 Å². The molecule has 0 bridgehead atoms. The number of hydrogen-bond donors (Lipinski definition) is 2. The maximum atomic E-state index is 11.9. The molecule has 0 radical (unpaired) electrons. The summed E-state index contributed by atoms with van der Waals surface area (Å²) in [4.78, 5) is 26.3. The van der Waals surface area contributed by atoms with Crippen LogP contribution >= 0.6 is 22.7 Å². The van der Waals surface area contributed by atoms with Gasteiger partial charge in [0.15, 0.2) is 5.82 Å². The smallest absolute Gasteiger partial charge is 0.240 e. The number of aliphatic hydroxyl groups is 1. The molecule has 1 saturated heterocycles. The molecule has 3 aromatic heterocycles. The van der Waals surface area contributed by atoms with Crippen LogP contribution in [0.1, 0.15) is 16.9 Å². The van der Waals surface area contributed by atoms with E-state index < -0.39 is 18.1 Å². The summed E-state index contributed by atoms with van der Waals surface area (Å²) < 4.78 is 0. The third-order valence-corrected chi connectivity index (χ3v) is 6.60. The number of hydrogen-bond acceptors (Lipinski definition) is 7. The topological polar surface area (TPSA) is 92.3 Å². The van der Waals surface area contributed by atoms with Crippen molar-refractivity contribution in [1.29, 1.82) is 0 Å². The molecule has 0 spiro atoms. The van der Waals surface area contributed by atoms with Crippen molar-refractivity contribution >= 4 is 44.6 Å². The van der Waals surface area contributed by atoms with Crippen molar-refractivity contribution < 1.29 is 9.90 Å². The first-order chi connectivity index (χ1) is 12.0. The number of aliphatic hydroxyl groups excluding tert-OH is 1. The Morgan fingerprint density at radius 1 is 1.40 bits per heavy atom. The molecule has 0 aliphatic carbocycles. The fourth-order valence-electron chi connectivity index (χ4n) is 3.27. The van der Waals surface area contributed by atoms with Crippen molar-refractivity contribution in [3.8, 4) is 10.7 Å². The van der Waals surface area contributed by atoms with Gasteiger partial charge in [-0.3, -0.25) is 4.79 Å². The van der Waals surface area contributed by atoms with E-state index in [-0.39, 0.29) is 0 Å². The average Bonchev–Trinajstić information content (AvgIpc) is 3.27. The van der Waals surface area contributed by atoms with Gasteiger partial charge in [0.1, 0.15) is 16.7 Å². The molecule has 1 aliphatic rings. The monoisotopic (exact) mass is 374 g/mol. The zero-order valence-electron chi connectivity index (χ0n) is 13.9. The summed E-state index contributed by atoms with van der Waals surface area (Å²) in [5.41, 5.74) is 6.69. The molecule has 1 aliphatic heterocycles. The minimum Gasteiger partial charge on any atom is -0.391 e. The molecule has 3 aromatic rings. The summed E-state index contributed by atoms with van der Waals surface area (Å²) in [6, 6.07) is 3.39. The van der Waals surface area contributed by atoms with Crippen molar-refractivity contribution in [3.63, 3.8) is 0 Å². The van der Waals surface area contributed by atoms with E-state index in [0.717, 1.165) is 20.7 Å². The Morgan fingerprint density at radius 2 is 2.20 bits per heavy atom. The summed E-state index contributed by atoms with van der Waals surface area (Å²) in [5.74, 6) is 0.893. The van der Waals surface area contributed by atoms with E-state index in [1.54, 1.807) is 22.7 Å². The van der Waals surface area contributed by atoms with Gasteiger partial charge in [0, 0.05) is 17.8 Å². The molecule has 130 valence electrons. The second-order valence-corrected chi connectivity index (χ2v) is 8.42. The largest absolute Gasteiger partial charge is 0.391 e. The van der Waals surface area contributed by atoms with Gasteiger partial charge in [-0.15, -0.1) is 22.7 Å². The molecule has 8 heteroatoms. The molecule has 25 heavy (non-hydrogen) atoms. The Balaban J connectivity index is 1.96. The SMILES string of the molecule is Cc1sc2nc(-c3cccs3)nc(N3C[C@H](O)C[C@@H]3C(N)=O)c2c1C. The highest BCUT2D eigenvalue weighted by molar-refractivity contribution is 7.19. The second-order valence-electron chi connectivity index (χ2n) is 6.27. The van der Waals surface area contributed by atoms with E-state index in [9.17, 15) is 9.90 Å².